The van der Waals surface area contributed by atoms with E-state index in [9.17, 15) is 13.2 Å². The molecule has 1 heterocycles. The van der Waals surface area contributed by atoms with Gasteiger partial charge >= 0.3 is 0 Å². The topological polar surface area (TPSA) is 66.9 Å². The van der Waals surface area contributed by atoms with Crippen LogP contribution in [0.4, 0.5) is 5.69 Å². The standard InChI is InChI=1S/C15H18N2O4S2/c1-16(2)14(18)11-21-13-8-6-12(7-9-13)17(3)23(19,20)15-5-4-10-22-15/h4-10H,11H2,1-3H3. The molecule has 2 rings (SSSR count). The molecule has 8 heteroatoms. The minimum absolute atomic E-state index is 0.0598. The summed E-state index contributed by atoms with van der Waals surface area (Å²) < 4.78 is 31.7. The first-order chi connectivity index (χ1) is 10.8. The van der Waals surface area contributed by atoms with Crippen molar-refractivity contribution in [3.8, 4) is 5.75 Å². The Balaban J connectivity index is 2.09. The van der Waals surface area contributed by atoms with E-state index >= 15 is 0 Å². The molecule has 1 aromatic heterocycles. The van der Waals surface area contributed by atoms with Gasteiger partial charge in [-0.1, -0.05) is 6.07 Å². The van der Waals surface area contributed by atoms with E-state index < -0.39 is 10.0 Å². The molecule has 124 valence electrons. The minimum atomic E-state index is -3.55. The Hall–Kier alpha value is -2.06. The summed E-state index contributed by atoms with van der Waals surface area (Å²) in [7, 11) is 1.26. The van der Waals surface area contributed by atoms with Crippen molar-refractivity contribution < 1.29 is 17.9 Å². The maximum absolute atomic E-state index is 12.4. The van der Waals surface area contributed by atoms with Crippen LogP contribution >= 0.6 is 11.3 Å². The molecule has 1 amide bonds. The first kappa shape index (κ1) is 17.3. The van der Waals surface area contributed by atoms with Crippen LogP contribution in [0.15, 0.2) is 46.0 Å². The van der Waals surface area contributed by atoms with E-state index in [0.717, 1.165) is 0 Å². The number of benzene rings is 1. The highest BCUT2D eigenvalue weighted by Gasteiger charge is 2.22. The molecular formula is C15H18N2O4S2. The van der Waals surface area contributed by atoms with Gasteiger partial charge in [-0.25, -0.2) is 8.42 Å². The molecule has 6 nitrogen and oxygen atoms in total. The van der Waals surface area contributed by atoms with Crippen molar-refractivity contribution in [2.45, 2.75) is 4.21 Å². The van der Waals surface area contributed by atoms with E-state index in [0.29, 0.717) is 11.4 Å². The van der Waals surface area contributed by atoms with Crippen LogP contribution in [0.2, 0.25) is 0 Å². The van der Waals surface area contributed by atoms with Gasteiger partial charge in [0.15, 0.2) is 6.61 Å². The predicted octanol–water partition coefficient (Wildman–Crippen LogP) is 2.04. The zero-order chi connectivity index (χ0) is 17.0. The molecule has 23 heavy (non-hydrogen) atoms. The second kappa shape index (κ2) is 7.01. The molecule has 0 aliphatic carbocycles. The SMILES string of the molecule is CN(C)C(=O)COc1ccc(N(C)S(=O)(=O)c2cccs2)cc1. The lowest BCUT2D eigenvalue weighted by Crippen LogP contribution is -2.27. The number of hydrogen-bond donors (Lipinski definition) is 0. The molecule has 0 saturated carbocycles. The highest BCUT2D eigenvalue weighted by atomic mass is 32.2. The highest BCUT2D eigenvalue weighted by molar-refractivity contribution is 7.94. The van der Waals surface area contributed by atoms with E-state index in [4.69, 9.17) is 4.74 Å². The Labute approximate surface area is 140 Å². The number of sulfonamides is 1. The number of thiophene rings is 1. The molecule has 0 fully saturated rings. The van der Waals surface area contributed by atoms with E-state index in [1.54, 1.807) is 55.9 Å². The van der Waals surface area contributed by atoms with E-state index in [1.807, 2.05) is 0 Å². The lowest BCUT2D eigenvalue weighted by molar-refractivity contribution is -0.130. The van der Waals surface area contributed by atoms with Gasteiger partial charge < -0.3 is 9.64 Å². The first-order valence-electron chi connectivity index (χ1n) is 6.78. The number of ether oxygens (including phenoxy) is 1. The summed E-state index contributed by atoms with van der Waals surface area (Å²) in [6.45, 7) is -0.0598. The summed E-state index contributed by atoms with van der Waals surface area (Å²) >= 11 is 1.17. The maximum Gasteiger partial charge on any atom is 0.273 e. The van der Waals surface area contributed by atoms with Crippen LogP contribution in [0.25, 0.3) is 0 Å². The molecular weight excluding hydrogens is 336 g/mol. The molecule has 0 bridgehead atoms. The van der Waals surface area contributed by atoms with Gasteiger partial charge in [-0.3, -0.25) is 9.10 Å². The van der Waals surface area contributed by atoms with E-state index in [1.165, 1.54) is 27.6 Å². The van der Waals surface area contributed by atoms with Crippen molar-refractivity contribution >= 4 is 33.0 Å². The number of carbonyl (C=O) groups excluding carboxylic acids is 1. The largest absolute Gasteiger partial charge is 0.484 e. The Bertz CT molecular complexity index is 753. The number of likely N-dealkylation sites (N-methyl/N-ethyl adjacent to an activating group) is 1. The zero-order valence-corrected chi connectivity index (χ0v) is 14.7. The molecule has 0 spiro atoms. The summed E-state index contributed by atoms with van der Waals surface area (Å²) in [5.74, 6) is 0.359. The molecule has 0 unspecified atom stereocenters. The molecule has 0 aliphatic heterocycles. The predicted molar refractivity (Wildman–Crippen MR) is 90.5 cm³/mol. The van der Waals surface area contributed by atoms with Gasteiger partial charge in [0.1, 0.15) is 9.96 Å². The van der Waals surface area contributed by atoms with Gasteiger partial charge in [0, 0.05) is 21.1 Å². The Morgan fingerprint density at radius 2 is 1.78 bits per heavy atom. The van der Waals surface area contributed by atoms with E-state index in [-0.39, 0.29) is 16.7 Å². The van der Waals surface area contributed by atoms with Crippen LogP contribution in [0.5, 0.6) is 5.75 Å². The van der Waals surface area contributed by atoms with Crippen molar-refractivity contribution in [2.75, 3.05) is 32.1 Å². The first-order valence-corrected chi connectivity index (χ1v) is 9.10. The second-order valence-electron chi connectivity index (χ2n) is 4.98. The molecule has 0 radical (unpaired) electrons. The number of rotatable bonds is 6. The monoisotopic (exact) mass is 354 g/mol. The Morgan fingerprint density at radius 1 is 1.13 bits per heavy atom. The van der Waals surface area contributed by atoms with Gasteiger partial charge in [0.2, 0.25) is 0 Å². The molecule has 0 saturated heterocycles. The van der Waals surface area contributed by atoms with Crippen LogP contribution in [0, 0.1) is 0 Å². The number of carbonyl (C=O) groups is 1. The van der Waals surface area contributed by atoms with E-state index in [2.05, 4.69) is 0 Å². The van der Waals surface area contributed by atoms with Gasteiger partial charge in [0.05, 0.1) is 5.69 Å². The number of hydrogen-bond acceptors (Lipinski definition) is 5. The summed E-state index contributed by atoms with van der Waals surface area (Å²) in [6.07, 6.45) is 0. The summed E-state index contributed by atoms with van der Waals surface area (Å²) in [4.78, 5) is 12.9. The van der Waals surface area contributed by atoms with Gasteiger partial charge in [-0.15, -0.1) is 11.3 Å². The summed E-state index contributed by atoms with van der Waals surface area (Å²) in [5.41, 5.74) is 0.518. The quantitative estimate of drug-likeness (QED) is 0.796. The smallest absolute Gasteiger partial charge is 0.273 e. The van der Waals surface area contributed by atoms with Crippen LogP contribution in [0.3, 0.4) is 0 Å². The maximum atomic E-state index is 12.4. The molecule has 0 aliphatic rings. The van der Waals surface area contributed by atoms with Crippen LogP contribution in [-0.4, -0.2) is 47.0 Å². The van der Waals surface area contributed by atoms with Gasteiger partial charge in [-0.2, -0.15) is 0 Å². The number of amides is 1. The highest BCUT2D eigenvalue weighted by Crippen LogP contribution is 2.26. The van der Waals surface area contributed by atoms with Crippen molar-refractivity contribution in [1.29, 1.82) is 0 Å². The third-order valence-corrected chi connectivity index (χ3v) is 6.33. The van der Waals surface area contributed by atoms with Crippen molar-refractivity contribution in [2.24, 2.45) is 0 Å². The lowest BCUT2D eigenvalue weighted by atomic mass is 10.3. The third kappa shape index (κ3) is 4.02. The van der Waals surface area contributed by atoms with Gasteiger partial charge in [-0.05, 0) is 35.7 Å². The Morgan fingerprint density at radius 3 is 2.30 bits per heavy atom. The fourth-order valence-corrected chi connectivity index (χ4v) is 4.07. The van der Waals surface area contributed by atoms with Crippen LogP contribution in [0.1, 0.15) is 0 Å². The van der Waals surface area contributed by atoms with Crippen molar-refractivity contribution in [3.63, 3.8) is 0 Å². The van der Waals surface area contributed by atoms with Gasteiger partial charge in [0.25, 0.3) is 15.9 Å². The minimum Gasteiger partial charge on any atom is -0.484 e. The van der Waals surface area contributed by atoms with Crippen LogP contribution < -0.4 is 9.04 Å². The summed E-state index contributed by atoms with van der Waals surface area (Å²) in [5, 5.41) is 1.72. The van der Waals surface area contributed by atoms with Crippen molar-refractivity contribution in [3.05, 3.63) is 41.8 Å². The Kier molecular flexibility index (Phi) is 5.27. The fraction of sp³-hybridized carbons (Fsp3) is 0.267. The van der Waals surface area contributed by atoms with Crippen molar-refractivity contribution in [1.82, 2.24) is 4.90 Å². The van der Waals surface area contributed by atoms with Crippen LogP contribution in [-0.2, 0) is 14.8 Å². The molecule has 0 atom stereocenters. The molecule has 2 aromatic rings. The summed E-state index contributed by atoms with van der Waals surface area (Å²) in [6, 6.07) is 9.82. The fourth-order valence-electron chi connectivity index (χ4n) is 1.71. The average molecular weight is 354 g/mol. The normalized spacial score (nSPS) is 11.1. The zero-order valence-electron chi connectivity index (χ0n) is 13.1. The third-order valence-electron chi connectivity index (χ3n) is 3.17. The number of nitrogens with zero attached hydrogens (tertiary/aromatic N) is 2. The lowest BCUT2D eigenvalue weighted by Gasteiger charge is -2.19. The molecule has 0 N–H and O–H groups in total. The average Bonchev–Trinajstić information content (AvgIpc) is 3.07. The molecule has 1 aromatic carbocycles. The number of anilines is 1. The second-order valence-corrected chi connectivity index (χ2v) is 8.12.